The monoisotopic (exact) mass is 757 g/mol. The van der Waals surface area contributed by atoms with Gasteiger partial charge in [0.1, 0.15) is 41.3 Å². The lowest BCUT2D eigenvalue weighted by molar-refractivity contribution is 0.0630. The molecule has 12 rings (SSSR count). The first kappa shape index (κ1) is 33.4. The Kier molecular flexibility index (Phi) is 7.86. The third-order valence-corrected chi connectivity index (χ3v) is 12.2. The number of nitrogens with zero attached hydrogens (tertiary/aromatic N) is 10. The standard InChI is InChI=1S/C21H19N7O.C21H20N6O/c29-21(18-9-23-16-3-1-2-4-17(16)26-18)28-13-5-6-14(28)11-27(10-13)20-15-7-8-22-19(15)24-12-25-20;28-21(16-2-1-3-18-15(16)6-8-22-18)27-13-4-5-14(27)11-26(10-13)20-17-7-9-23-19(17)24-12-25-20/h1-4,7-9,12-14H,5-6,10-11H2,(H,22,24,25);1-3,6-9,12-14,22H,4-5,10-11H2,(H,23,24,25). The normalized spacial score (nSPS) is 21.5. The largest absolute Gasteiger partial charge is 0.361 e. The minimum Gasteiger partial charge on any atom is -0.361 e. The molecule has 4 aliphatic heterocycles. The molecule has 0 radical (unpaired) electrons. The lowest BCUT2D eigenvalue weighted by atomic mass is 10.1. The highest BCUT2D eigenvalue weighted by molar-refractivity contribution is 6.07. The van der Waals surface area contributed by atoms with Crippen molar-refractivity contribution in [3.05, 3.63) is 109 Å². The van der Waals surface area contributed by atoms with Crippen molar-refractivity contribution in [2.45, 2.75) is 49.9 Å². The van der Waals surface area contributed by atoms with Crippen molar-refractivity contribution >= 4 is 67.5 Å². The summed E-state index contributed by atoms with van der Waals surface area (Å²) in [6.07, 6.45) is 14.6. The number of para-hydroxylation sites is 2. The van der Waals surface area contributed by atoms with Crippen LogP contribution in [0.1, 0.15) is 46.5 Å². The molecule has 3 N–H and O–H groups in total. The Morgan fingerprint density at radius 3 is 1.70 bits per heavy atom. The Labute approximate surface area is 326 Å². The first-order valence-corrected chi connectivity index (χ1v) is 19.6. The first-order valence-electron chi connectivity index (χ1n) is 19.6. The molecule has 4 bridgehead atoms. The van der Waals surface area contributed by atoms with E-state index in [9.17, 15) is 9.59 Å². The topological polar surface area (TPSA) is 172 Å². The van der Waals surface area contributed by atoms with Crippen LogP contribution in [0.2, 0.25) is 0 Å². The van der Waals surface area contributed by atoms with Gasteiger partial charge in [-0.1, -0.05) is 18.2 Å². The van der Waals surface area contributed by atoms with Gasteiger partial charge in [-0.25, -0.2) is 24.9 Å². The SMILES string of the molecule is O=C(c1cccc2[nH]ccc12)N1C2CCC1CN(c1ncnc3[nH]ccc13)C2.O=C(c1cnc2ccccc2n1)N1C2CCC1CN(c1ncnc3[nH]ccc13)C2. The molecule has 0 aliphatic carbocycles. The van der Waals surface area contributed by atoms with E-state index in [1.165, 1.54) is 0 Å². The summed E-state index contributed by atoms with van der Waals surface area (Å²) < 4.78 is 0. The predicted octanol–water partition coefficient (Wildman–Crippen LogP) is 5.33. The van der Waals surface area contributed by atoms with Crippen molar-refractivity contribution in [2.24, 2.45) is 0 Å². The average molecular weight is 758 g/mol. The summed E-state index contributed by atoms with van der Waals surface area (Å²) in [6.45, 7) is 3.15. The van der Waals surface area contributed by atoms with E-state index in [-0.39, 0.29) is 36.0 Å². The minimum atomic E-state index is -0.0233. The van der Waals surface area contributed by atoms with Crippen molar-refractivity contribution in [1.29, 1.82) is 0 Å². The highest BCUT2D eigenvalue weighted by atomic mass is 16.2. The Balaban J connectivity index is 0.000000131. The number of fused-ring (bicyclic) bond motifs is 8. The fourth-order valence-electron chi connectivity index (χ4n) is 9.64. The van der Waals surface area contributed by atoms with Gasteiger partial charge in [-0.05, 0) is 68.1 Å². The molecule has 15 nitrogen and oxygen atoms in total. The van der Waals surface area contributed by atoms with Crippen molar-refractivity contribution in [1.82, 2.24) is 54.7 Å². The van der Waals surface area contributed by atoms with E-state index in [1.54, 1.807) is 18.9 Å². The second-order valence-corrected chi connectivity index (χ2v) is 15.4. The van der Waals surface area contributed by atoms with E-state index >= 15 is 0 Å². The number of aromatic amines is 3. The van der Waals surface area contributed by atoms with Gasteiger partial charge in [-0.15, -0.1) is 0 Å². The lowest BCUT2D eigenvalue weighted by Gasteiger charge is -2.41. The number of hydrogen-bond donors (Lipinski definition) is 3. The summed E-state index contributed by atoms with van der Waals surface area (Å²) >= 11 is 0. The third-order valence-electron chi connectivity index (χ3n) is 12.2. The number of carbonyl (C=O) groups excluding carboxylic acids is 2. The summed E-state index contributed by atoms with van der Waals surface area (Å²) in [5, 5.41) is 3.06. The van der Waals surface area contributed by atoms with Crippen LogP contribution in [0.5, 0.6) is 0 Å². The van der Waals surface area contributed by atoms with Crippen LogP contribution in [-0.4, -0.2) is 117 Å². The van der Waals surface area contributed by atoms with Crippen LogP contribution in [0.3, 0.4) is 0 Å². The Morgan fingerprint density at radius 1 is 0.544 bits per heavy atom. The molecule has 2 aromatic carbocycles. The van der Waals surface area contributed by atoms with Gasteiger partial charge in [0.25, 0.3) is 11.8 Å². The molecule has 284 valence electrons. The summed E-state index contributed by atoms with van der Waals surface area (Å²) in [4.78, 5) is 71.6. The van der Waals surface area contributed by atoms with Crippen LogP contribution in [-0.2, 0) is 0 Å². The van der Waals surface area contributed by atoms with Gasteiger partial charge in [-0.2, -0.15) is 0 Å². The lowest BCUT2D eigenvalue weighted by Crippen LogP contribution is -2.56. The van der Waals surface area contributed by atoms with E-state index < -0.39 is 0 Å². The van der Waals surface area contributed by atoms with E-state index in [4.69, 9.17) is 0 Å². The van der Waals surface area contributed by atoms with Gasteiger partial charge in [0.2, 0.25) is 0 Å². The van der Waals surface area contributed by atoms with Gasteiger partial charge >= 0.3 is 0 Å². The Morgan fingerprint density at radius 2 is 1.09 bits per heavy atom. The summed E-state index contributed by atoms with van der Waals surface area (Å²) in [6, 6.07) is 20.3. The third kappa shape index (κ3) is 5.63. The zero-order valence-corrected chi connectivity index (χ0v) is 31.0. The summed E-state index contributed by atoms with van der Waals surface area (Å²) in [7, 11) is 0. The number of anilines is 2. The molecular formula is C42H39N13O2. The van der Waals surface area contributed by atoms with Crippen molar-refractivity contribution in [3.63, 3.8) is 0 Å². The van der Waals surface area contributed by atoms with Gasteiger partial charge in [0.15, 0.2) is 0 Å². The number of benzene rings is 2. The molecule has 6 aromatic heterocycles. The smallest absolute Gasteiger partial charge is 0.274 e. The number of nitrogens with one attached hydrogen (secondary N) is 3. The molecule has 8 aromatic rings. The summed E-state index contributed by atoms with van der Waals surface area (Å²) in [5.41, 5.74) is 5.47. The average Bonchev–Trinajstić information content (AvgIpc) is 4.10. The fourth-order valence-corrected chi connectivity index (χ4v) is 9.64. The van der Waals surface area contributed by atoms with Crippen LogP contribution >= 0.6 is 0 Å². The quantitative estimate of drug-likeness (QED) is 0.213. The molecule has 4 aliphatic rings. The van der Waals surface area contributed by atoms with Crippen molar-refractivity contribution in [3.8, 4) is 0 Å². The summed E-state index contributed by atoms with van der Waals surface area (Å²) in [5.74, 6) is 2.02. The number of amides is 2. The van der Waals surface area contributed by atoms with Gasteiger partial charge in [0.05, 0.1) is 52.2 Å². The highest BCUT2D eigenvalue weighted by Gasteiger charge is 2.45. The number of rotatable bonds is 4. The van der Waals surface area contributed by atoms with Gasteiger partial charge in [0, 0.05) is 61.2 Å². The van der Waals surface area contributed by atoms with Crippen LogP contribution in [0.25, 0.3) is 44.0 Å². The molecule has 4 unspecified atom stereocenters. The number of H-pyrrole nitrogens is 3. The van der Waals surface area contributed by atoms with Crippen LogP contribution in [0.4, 0.5) is 11.6 Å². The number of carbonyl (C=O) groups is 2. The van der Waals surface area contributed by atoms with Crippen LogP contribution in [0.15, 0.2) is 98.1 Å². The molecule has 15 heteroatoms. The second-order valence-electron chi connectivity index (χ2n) is 15.4. The maximum atomic E-state index is 13.4. The molecule has 10 heterocycles. The molecule has 2 amide bonds. The first-order chi connectivity index (χ1) is 28.1. The Hall–Kier alpha value is -6.90. The molecule has 57 heavy (non-hydrogen) atoms. The van der Waals surface area contributed by atoms with Gasteiger partial charge in [-0.3, -0.25) is 14.6 Å². The maximum Gasteiger partial charge on any atom is 0.274 e. The number of aromatic nitrogens is 9. The molecule has 4 atom stereocenters. The molecule has 4 fully saturated rings. The Bertz CT molecular complexity index is 2780. The van der Waals surface area contributed by atoms with E-state index in [0.29, 0.717) is 5.69 Å². The van der Waals surface area contributed by atoms with Crippen molar-refractivity contribution < 1.29 is 9.59 Å². The van der Waals surface area contributed by atoms with E-state index in [1.807, 2.05) is 84.2 Å². The van der Waals surface area contributed by atoms with Crippen LogP contribution in [0, 0.1) is 0 Å². The molecule has 0 saturated carbocycles. The predicted molar refractivity (Wildman–Crippen MR) is 216 cm³/mol. The van der Waals surface area contributed by atoms with Crippen molar-refractivity contribution in [2.75, 3.05) is 36.0 Å². The zero-order chi connectivity index (χ0) is 38.0. The number of piperazine rings is 2. The van der Waals surface area contributed by atoms with E-state index in [0.717, 1.165) is 113 Å². The molecular weight excluding hydrogens is 719 g/mol. The zero-order valence-electron chi connectivity index (χ0n) is 31.0. The maximum absolute atomic E-state index is 13.4. The highest BCUT2D eigenvalue weighted by Crippen LogP contribution is 2.37. The minimum absolute atomic E-state index is 0.0233. The fraction of sp³-hybridized carbons (Fsp3) is 0.286. The van der Waals surface area contributed by atoms with Gasteiger partial charge < -0.3 is 34.6 Å². The number of hydrogen-bond acceptors (Lipinski definition) is 10. The molecule has 4 saturated heterocycles. The van der Waals surface area contributed by atoms with Crippen LogP contribution < -0.4 is 9.80 Å². The second kappa shape index (κ2) is 13.4. The molecule has 0 spiro atoms. The van der Waals surface area contributed by atoms with E-state index in [2.05, 4.69) is 59.6 Å².